The smallest absolute Gasteiger partial charge is 0.294 e. The fourth-order valence-corrected chi connectivity index (χ4v) is 2.69. The van der Waals surface area contributed by atoms with Gasteiger partial charge in [-0.2, -0.15) is 0 Å². The van der Waals surface area contributed by atoms with Crippen molar-refractivity contribution in [2.75, 3.05) is 33.3 Å². The lowest BCUT2D eigenvalue weighted by molar-refractivity contribution is 0.182. The van der Waals surface area contributed by atoms with E-state index in [0.717, 1.165) is 18.1 Å². The Balaban J connectivity index is 1.66. The quantitative estimate of drug-likeness (QED) is 0.826. The zero-order valence-electron chi connectivity index (χ0n) is 10.3. The van der Waals surface area contributed by atoms with Crippen molar-refractivity contribution in [2.45, 2.75) is 25.8 Å². The molecule has 0 radical (unpaired) electrons. The summed E-state index contributed by atoms with van der Waals surface area (Å²) in [4.78, 5) is 2.46. The molecule has 5 nitrogen and oxygen atoms in total. The average Bonchev–Trinajstić information content (AvgIpc) is 2.79. The number of piperidine rings is 1. The summed E-state index contributed by atoms with van der Waals surface area (Å²) in [6, 6.07) is 0. The van der Waals surface area contributed by atoms with E-state index in [9.17, 15) is 0 Å². The summed E-state index contributed by atoms with van der Waals surface area (Å²) in [6.07, 6.45) is 4.03. The van der Waals surface area contributed by atoms with Gasteiger partial charge in [0.25, 0.3) is 5.19 Å². The van der Waals surface area contributed by atoms with E-state index in [1.807, 2.05) is 7.05 Å². The minimum Gasteiger partial charge on any atom is -0.468 e. The number of ether oxygens (including phenoxy) is 1. The van der Waals surface area contributed by atoms with Crippen LogP contribution in [0.15, 0.2) is 0 Å². The monoisotopic (exact) mass is 256 g/mol. The molecule has 1 saturated heterocycles. The highest BCUT2D eigenvalue weighted by Crippen LogP contribution is 2.17. The summed E-state index contributed by atoms with van der Waals surface area (Å²) < 4.78 is 5.61. The Bertz CT molecular complexity index is 325. The highest BCUT2D eigenvalue weighted by Gasteiger charge is 2.10. The lowest BCUT2D eigenvalue weighted by Crippen LogP contribution is -2.33. The molecule has 1 aliphatic rings. The molecule has 0 aliphatic carbocycles. The maximum Gasteiger partial charge on any atom is 0.294 e. The molecule has 0 spiro atoms. The standard InChI is InChI=1S/C11H20N4OS/c1-12-9-10-13-14-11(17-10)16-8-7-15-5-3-2-4-6-15/h12H,2-9H2,1H3. The molecule has 1 aliphatic heterocycles. The Kier molecular flexibility index (Phi) is 5.15. The molecular formula is C11H20N4OS. The molecule has 0 aromatic carbocycles. The van der Waals surface area contributed by atoms with Gasteiger partial charge in [-0.25, -0.2) is 0 Å². The summed E-state index contributed by atoms with van der Waals surface area (Å²) in [6.45, 7) is 4.90. The van der Waals surface area contributed by atoms with Crippen molar-refractivity contribution in [3.8, 4) is 5.19 Å². The van der Waals surface area contributed by atoms with Crippen LogP contribution in [0.1, 0.15) is 24.3 Å². The van der Waals surface area contributed by atoms with Crippen LogP contribution in [0.5, 0.6) is 5.19 Å². The predicted octanol–water partition coefficient (Wildman–Crippen LogP) is 1.12. The van der Waals surface area contributed by atoms with E-state index in [2.05, 4.69) is 20.4 Å². The van der Waals surface area contributed by atoms with Crippen LogP contribution in [0.25, 0.3) is 0 Å². The van der Waals surface area contributed by atoms with E-state index in [4.69, 9.17) is 4.74 Å². The Hall–Kier alpha value is -0.720. The van der Waals surface area contributed by atoms with Gasteiger partial charge in [-0.3, -0.25) is 4.90 Å². The topological polar surface area (TPSA) is 50.3 Å². The maximum absolute atomic E-state index is 5.61. The van der Waals surface area contributed by atoms with Crippen molar-refractivity contribution in [1.82, 2.24) is 20.4 Å². The number of likely N-dealkylation sites (tertiary alicyclic amines) is 1. The molecule has 0 bridgehead atoms. The SMILES string of the molecule is CNCc1nnc(OCCN2CCCCC2)s1. The fourth-order valence-electron chi connectivity index (χ4n) is 1.96. The lowest BCUT2D eigenvalue weighted by atomic mass is 10.1. The molecule has 0 atom stereocenters. The summed E-state index contributed by atoms with van der Waals surface area (Å²) >= 11 is 1.52. The highest BCUT2D eigenvalue weighted by molar-refractivity contribution is 7.13. The van der Waals surface area contributed by atoms with E-state index < -0.39 is 0 Å². The Morgan fingerprint density at radius 1 is 1.29 bits per heavy atom. The summed E-state index contributed by atoms with van der Waals surface area (Å²) in [5.41, 5.74) is 0. The Morgan fingerprint density at radius 2 is 2.12 bits per heavy atom. The number of aromatic nitrogens is 2. The second-order valence-corrected chi connectivity index (χ2v) is 5.27. The van der Waals surface area contributed by atoms with Gasteiger partial charge in [0, 0.05) is 13.1 Å². The van der Waals surface area contributed by atoms with Gasteiger partial charge >= 0.3 is 0 Å². The zero-order chi connectivity index (χ0) is 11.9. The first kappa shape index (κ1) is 12.7. The number of nitrogens with zero attached hydrogens (tertiary/aromatic N) is 3. The highest BCUT2D eigenvalue weighted by atomic mass is 32.1. The van der Waals surface area contributed by atoms with E-state index in [1.165, 1.54) is 43.7 Å². The van der Waals surface area contributed by atoms with Gasteiger partial charge < -0.3 is 10.1 Å². The van der Waals surface area contributed by atoms with Crippen LogP contribution in [-0.2, 0) is 6.54 Å². The van der Waals surface area contributed by atoms with Gasteiger partial charge in [0.15, 0.2) is 0 Å². The molecule has 0 saturated carbocycles. The molecule has 2 heterocycles. The third-order valence-corrected chi connectivity index (χ3v) is 3.69. The van der Waals surface area contributed by atoms with E-state index in [-0.39, 0.29) is 0 Å². The van der Waals surface area contributed by atoms with Gasteiger partial charge in [0.1, 0.15) is 11.6 Å². The van der Waals surface area contributed by atoms with Crippen LogP contribution in [0.2, 0.25) is 0 Å². The van der Waals surface area contributed by atoms with E-state index >= 15 is 0 Å². The molecular weight excluding hydrogens is 236 g/mol. The second-order valence-electron chi connectivity index (χ2n) is 4.24. The average molecular weight is 256 g/mol. The predicted molar refractivity (Wildman–Crippen MR) is 68.5 cm³/mol. The van der Waals surface area contributed by atoms with Crippen LogP contribution in [0.4, 0.5) is 0 Å². The van der Waals surface area contributed by atoms with E-state index in [0.29, 0.717) is 11.8 Å². The van der Waals surface area contributed by atoms with Crippen molar-refractivity contribution >= 4 is 11.3 Å². The first-order valence-corrected chi connectivity index (χ1v) is 7.02. The molecule has 6 heteroatoms. The molecule has 2 rings (SSSR count). The van der Waals surface area contributed by atoms with E-state index in [1.54, 1.807) is 0 Å². The Morgan fingerprint density at radius 3 is 2.88 bits per heavy atom. The molecule has 1 aromatic rings. The number of nitrogens with one attached hydrogen (secondary N) is 1. The molecule has 0 unspecified atom stereocenters. The summed E-state index contributed by atoms with van der Waals surface area (Å²) in [7, 11) is 1.90. The van der Waals surface area contributed by atoms with Crippen LogP contribution >= 0.6 is 11.3 Å². The van der Waals surface area contributed by atoms with Gasteiger partial charge in [-0.1, -0.05) is 17.8 Å². The summed E-state index contributed by atoms with van der Waals surface area (Å²) in [5.74, 6) is 0. The van der Waals surface area contributed by atoms with Gasteiger partial charge in [0.05, 0.1) is 0 Å². The van der Waals surface area contributed by atoms with Gasteiger partial charge in [-0.15, -0.1) is 10.2 Å². The van der Waals surface area contributed by atoms with Crippen LogP contribution in [0.3, 0.4) is 0 Å². The van der Waals surface area contributed by atoms with Crippen LogP contribution in [0, 0.1) is 0 Å². The maximum atomic E-state index is 5.61. The largest absolute Gasteiger partial charge is 0.468 e. The van der Waals surface area contributed by atoms with Crippen molar-refractivity contribution in [3.05, 3.63) is 5.01 Å². The molecule has 1 N–H and O–H groups in total. The van der Waals surface area contributed by atoms with Gasteiger partial charge in [0.2, 0.25) is 0 Å². The third kappa shape index (κ3) is 4.22. The van der Waals surface area contributed by atoms with Crippen molar-refractivity contribution < 1.29 is 4.74 Å². The zero-order valence-corrected chi connectivity index (χ0v) is 11.1. The second kappa shape index (κ2) is 6.88. The lowest BCUT2D eigenvalue weighted by Gasteiger charge is -2.25. The Labute approximate surface area is 106 Å². The number of rotatable bonds is 6. The third-order valence-electron chi connectivity index (χ3n) is 2.86. The normalized spacial score (nSPS) is 17.2. The first-order valence-electron chi connectivity index (χ1n) is 6.20. The van der Waals surface area contributed by atoms with Crippen LogP contribution in [-0.4, -0.2) is 48.4 Å². The van der Waals surface area contributed by atoms with Crippen molar-refractivity contribution in [2.24, 2.45) is 0 Å². The molecule has 17 heavy (non-hydrogen) atoms. The number of hydrogen-bond donors (Lipinski definition) is 1. The fraction of sp³-hybridized carbons (Fsp3) is 0.818. The van der Waals surface area contributed by atoms with Gasteiger partial charge in [-0.05, 0) is 33.0 Å². The van der Waals surface area contributed by atoms with Crippen LogP contribution < -0.4 is 10.1 Å². The molecule has 1 fully saturated rings. The van der Waals surface area contributed by atoms with Crippen molar-refractivity contribution in [1.29, 1.82) is 0 Å². The molecule has 0 amide bonds. The summed E-state index contributed by atoms with van der Waals surface area (Å²) in [5, 5.41) is 12.8. The minimum atomic E-state index is 0.687. The minimum absolute atomic E-state index is 0.687. The molecule has 96 valence electrons. The number of hydrogen-bond acceptors (Lipinski definition) is 6. The van der Waals surface area contributed by atoms with Crippen molar-refractivity contribution in [3.63, 3.8) is 0 Å². The molecule has 1 aromatic heterocycles. The first-order chi connectivity index (χ1) is 8.38.